The zero-order chi connectivity index (χ0) is 36.2. The highest BCUT2D eigenvalue weighted by molar-refractivity contribution is 6.23. The molecule has 2 nitrogen and oxygen atoms in total. The van der Waals surface area contributed by atoms with Crippen LogP contribution < -0.4 is 0 Å². The van der Waals surface area contributed by atoms with Crippen molar-refractivity contribution in [3.8, 4) is 39.2 Å². The van der Waals surface area contributed by atoms with Crippen LogP contribution in [0.1, 0.15) is 11.3 Å². The minimum absolute atomic E-state index is 0.972. The third kappa shape index (κ3) is 5.23. The second kappa shape index (κ2) is 12.9. The van der Waals surface area contributed by atoms with E-state index in [2.05, 4.69) is 194 Å². The lowest BCUT2D eigenvalue weighted by Gasteiger charge is -2.15. The summed E-state index contributed by atoms with van der Waals surface area (Å²) in [5, 5.41) is 9.65. The van der Waals surface area contributed by atoms with E-state index in [1.165, 1.54) is 60.1 Å². The number of aryl methyl sites for hydroxylation is 1. The third-order valence-corrected chi connectivity index (χ3v) is 10.9. The van der Waals surface area contributed by atoms with Crippen LogP contribution in [-0.4, -0.2) is 9.55 Å². The number of fused-ring (bicyclic) bond motifs is 7. The van der Waals surface area contributed by atoms with Gasteiger partial charge in [0.15, 0.2) is 0 Å². The van der Waals surface area contributed by atoms with Gasteiger partial charge in [-0.25, -0.2) is 4.98 Å². The van der Waals surface area contributed by atoms with Crippen molar-refractivity contribution in [1.82, 2.24) is 9.55 Å². The van der Waals surface area contributed by atoms with Crippen molar-refractivity contribution in [1.29, 1.82) is 0 Å². The highest BCUT2D eigenvalue weighted by Gasteiger charge is 2.21. The molecule has 8 aromatic carbocycles. The summed E-state index contributed by atoms with van der Waals surface area (Å²) in [6.07, 6.45) is 6.04. The minimum Gasteiger partial charge on any atom is -0.309 e. The van der Waals surface area contributed by atoms with E-state index in [0.717, 1.165) is 44.5 Å². The van der Waals surface area contributed by atoms with Crippen LogP contribution in [0.25, 0.3) is 99.4 Å². The van der Waals surface area contributed by atoms with Crippen LogP contribution in [0, 0.1) is 6.92 Å². The van der Waals surface area contributed by atoms with E-state index in [-0.39, 0.29) is 0 Å². The van der Waals surface area contributed by atoms with Crippen molar-refractivity contribution in [2.24, 2.45) is 0 Å². The quantitative estimate of drug-likeness (QED) is 0.126. The number of hydrogen-bond donors (Lipinski definition) is 0. The molecule has 2 heteroatoms. The molecule has 254 valence electrons. The summed E-state index contributed by atoms with van der Waals surface area (Å²) in [6, 6.07) is 61.4. The number of aromatic nitrogens is 2. The summed E-state index contributed by atoms with van der Waals surface area (Å²) in [6.45, 7) is 6.19. The average molecular weight is 689 g/mol. The molecular weight excluding hydrogens is 653 g/mol. The molecule has 0 unspecified atom stereocenters. The summed E-state index contributed by atoms with van der Waals surface area (Å²) >= 11 is 0. The Bertz CT molecular complexity index is 3110. The van der Waals surface area contributed by atoms with E-state index in [4.69, 9.17) is 4.98 Å². The molecular formula is C52H36N2. The van der Waals surface area contributed by atoms with Gasteiger partial charge in [-0.2, -0.15) is 0 Å². The van der Waals surface area contributed by atoms with Crippen LogP contribution in [0.15, 0.2) is 189 Å². The monoisotopic (exact) mass is 688 g/mol. The normalized spacial score (nSPS) is 11.8. The first-order valence-corrected chi connectivity index (χ1v) is 18.5. The van der Waals surface area contributed by atoms with Crippen molar-refractivity contribution < 1.29 is 0 Å². The van der Waals surface area contributed by atoms with E-state index < -0.39 is 0 Å². The fraction of sp³-hybridized carbons (Fsp3) is 0.0192. The molecule has 0 N–H and O–H groups in total. The van der Waals surface area contributed by atoms with Crippen LogP contribution in [0.5, 0.6) is 0 Å². The second-order valence-electron chi connectivity index (χ2n) is 14.1. The molecule has 2 aromatic heterocycles. The summed E-state index contributed by atoms with van der Waals surface area (Å²) in [4.78, 5) is 5.44. The Labute approximate surface area is 314 Å². The number of hydrogen-bond acceptors (Lipinski definition) is 1. The van der Waals surface area contributed by atoms with Crippen LogP contribution >= 0.6 is 0 Å². The molecule has 0 aliphatic carbocycles. The maximum atomic E-state index is 5.44. The highest BCUT2D eigenvalue weighted by Crippen LogP contribution is 2.42. The third-order valence-electron chi connectivity index (χ3n) is 10.9. The fourth-order valence-electron chi connectivity index (χ4n) is 8.21. The van der Waals surface area contributed by atoms with E-state index in [1.54, 1.807) is 0 Å². The maximum absolute atomic E-state index is 5.44. The lowest BCUT2D eigenvalue weighted by Crippen LogP contribution is -1.98. The van der Waals surface area contributed by atoms with Gasteiger partial charge in [0.1, 0.15) is 0 Å². The molecule has 10 rings (SSSR count). The Balaban J connectivity index is 1.18. The summed E-state index contributed by atoms with van der Waals surface area (Å²) in [7, 11) is 0. The Morgan fingerprint density at radius 1 is 0.500 bits per heavy atom. The Morgan fingerprint density at radius 2 is 1.04 bits per heavy atom. The number of para-hydroxylation sites is 1. The fourth-order valence-corrected chi connectivity index (χ4v) is 8.21. The average Bonchev–Trinajstić information content (AvgIpc) is 3.53. The number of benzene rings is 8. The lowest BCUT2D eigenvalue weighted by molar-refractivity contribution is 1.10. The van der Waals surface area contributed by atoms with E-state index in [1.807, 2.05) is 12.2 Å². The SMILES string of the molecule is C=C/C=C\c1c(C)c2ccc3c(-c4ccccc4)nc4cc(-c5ccc6cc(-c7ccc8ccccc8c7)ccc6c5)ccc4c3c2n1-c1ccccc1. The van der Waals surface area contributed by atoms with Crippen molar-refractivity contribution in [3.63, 3.8) is 0 Å². The first-order chi connectivity index (χ1) is 26.6. The smallest absolute Gasteiger partial charge is 0.0788 e. The molecule has 0 fully saturated rings. The zero-order valence-corrected chi connectivity index (χ0v) is 30.0. The standard InChI is InChI=1S/C52H36N2/c1-3-4-19-49-34(2)45-28-29-47-50(52(45)54(49)44-17-9-6-10-18-44)46-27-26-43(33-48(46)53-51(47)36-14-7-5-8-15-36)42-25-24-40-31-39(22-23-41(40)32-42)38-21-20-35-13-11-12-16-37(35)30-38/h3-33H,1H2,2H3/b19-4-. The van der Waals surface area contributed by atoms with Crippen molar-refractivity contribution in [2.75, 3.05) is 0 Å². The highest BCUT2D eigenvalue weighted by atomic mass is 15.0. The molecule has 0 radical (unpaired) electrons. The summed E-state index contributed by atoms with van der Waals surface area (Å²) < 4.78 is 2.41. The van der Waals surface area contributed by atoms with Gasteiger partial charge in [-0.15, -0.1) is 0 Å². The molecule has 0 bridgehead atoms. The molecule has 0 spiro atoms. The van der Waals surface area contributed by atoms with Gasteiger partial charge in [0.25, 0.3) is 0 Å². The van der Waals surface area contributed by atoms with Gasteiger partial charge < -0.3 is 4.57 Å². The zero-order valence-electron chi connectivity index (χ0n) is 30.0. The molecule has 0 saturated carbocycles. The first-order valence-electron chi connectivity index (χ1n) is 18.5. The van der Waals surface area contributed by atoms with Crippen molar-refractivity contribution >= 4 is 60.2 Å². The number of allylic oxidation sites excluding steroid dienone is 2. The molecule has 0 amide bonds. The molecule has 2 heterocycles. The van der Waals surface area contributed by atoms with Gasteiger partial charge in [0.05, 0.1) is 16.7 Å². The van der Waals surface area contributed by atoms with Crippen LogP contribution in [0.2, 0.25) is 0 Å². The lowest BCUT2D eigenvalue weighted by atomic mass is 9.94. The van der Waals surface area contributed by atoms with Gasteiger partial charge in [-0.1, -0.05) is 152 Å². The predicted octanol–water partition coefficient (Wildman–Crippen LogP) is 14.1. The van der Waals surface area contributed by atoms with Gasteiger partial charge in [-0.3, -0.25) is 0 Å². The largest absolute Gasteiger partial charge is 0.309 e. The minimum atomic E-state index is 0.972. The van der Waals surface area contributed by atoms with Gasteiger partial charge in [0.2, 0.25) is 0 Å². The van der Waals surface area contributed by atoms with Gasteiger partial charge >= 0.3 is 0 Å². The van der Waals surface area contributed by atoms with Gasteiger partial charge in [0, 0.05) is 38.5 Å². The Morgan fingerprint density at radius 3 is 1.72 bits per heavy atom. The second-order valence-corrected chi connectivity index (χ2v) is 14.1. The first kappa shape index (κ1) is 31.7. The van der Waals surface area contributed by atoms with Crippen molar-refractivity contribution in [2.45, 2.75) is 6.92 Å². The van der Waals surface area contributed by atoms with Crippen LogP contribution in [0.3, 0.4) is 0 Å². The summed E-state index contributed by atoms with van der Waals surface area (Å²) in [5.41, 5.74) is 12.5. The molecule has 54 heavy (non-hydrogen) atoms. The number of nitrogens with zero attached hydrogens (tertiary/aromatic N) is 2. The number of pyridine rings is 1. The maximum Gasteiger partial charge on any atom is 0.0788 e. The van der Waals surface area contributed by atoms with Gasteiger partial charge in [-0.05, 0) is 98.8 Å². The topological polar surface area (TPSA) is 17.8 Å². The molecule has 10 aromatic rings. The molecule has 0 aliphatic rings. The predicted molar refractivity (Wildman–Crippen MR) is 231 cm³/mol. The molecule has 0 saturated heterocycles. The number of rotatable bonds is 6. The van der Waals surface area contributed by atoms with E-state index in [0.29, 0.717) is 0 Å². The Kier molecular flexibility index (Phi) is 7.56. The summed E-state index contributed by atoms with van der Waals surface area (Å²) in [5.74, 6) is 0. The van der Waals surface area contributed by atoms with E-state index in [9.17, 15) is 0 Å². The van der Waals surface area contributed by atoms with Crippen molar-refractivity contribution in [3.05, 3.63) is 200 Å². The Hall–Kier alpha value is -7.03. The van der Waals surface area contributed by atoms with Crippen LogP contribution in [-0.2, 0) is 0 Å². The van der Waals surface area contributed by atoms with E-state index >= 15 is 0 Å². The molecule has 0 aliphatic heterocycles. The van der Waals surface area contributed by atoms with Crippen LogP contribution in [0.4, 0.5) is 0 Å². The molecule has 0 atom stereocenters.